The number of carbonyl (C=O) groups is 2. The number of nitrogens with one attached hydrogen (secondary N) is 2. The van der Waals surface area contributed by atoms with Crippen molar-refractivity contribution < 1.29 is 22.4 Å². The lowest BCUT2D eigenvalue weighted by molar-refractivity contribution is -0.121. The Morgan fingerprint density at radius 1 is 1.00 bits per heavy atom. The summed E-state index contributed by atoms with van der Waals surface area (Å²) in [7, 11) is -4.12. The van der Waals surface area contributed by atoms with Gasteiger partial charge < -0.3 is 10.2 Å². The third-order valence-electron chi connectivity index (χ3n) is 5.99. The molecule has 9 heteroatoms. The lowest BCUT2D eigenvalue weighted by Crippen LogP contribution is -2.44. The molecule has 2 amide bonds. The van der Waals surface area contributed by atoms with Crippen LogP contribution in [-0.2, 0) is 14.8 Å². The normalized spacial score (nSPS) is 15.9. The first-order valence-electron chi connectivity index (χ1n) is 11.3. The molecule has 1 aliphatic heterocycles. The van der Waals surface area contributed by atoms with Crippen LogP contribution in [0.15, 0.2) is 77.7 Å². The van der Waals surface area contributed by atoms with Gasteiger partial charge in [-0.2, -0.15) is 0 Å². The van der Waals surface area contributed by atoms with Gasteiger partial charge in [0.2, 0.25) is 5.91 Å². The van der Waals surface area contributed by atoms with Gasteiger partial charge in [0.05, 0.1) is 16.5 Å². The quantitative estimate of drug-likeness (QED) is 0.529. The lowest BCUT2D eigenvalue weighted by atomic mass is 9.96. The fraction of sp³-hybridized carbons (Fsp3) is 0.231. The molecule has 2 N–H and O–H groups in total. The molecule has 3 aromatic rings. The van der Waals surface area contributed by atoms with Crippen molar-refractivity contribution in [1.82, 2.24) is 4.90 Å². The Morgan fingerprint density at radius 2 is 1.71 bits per heavy atom. The average Bonchev–Trinajstić information content (AvgIpc) is 2.86. The van der Waals surface area contributed by atoms with E-state index in [9.17, 15) is 22.4 Å². The van der Waals surface area contributed by atoms with Crippen LogP contribution in [0.5, 0.6) is 0 Å². The zero-order valence-electron chi connectivity index (χ0n) is 19.2. The van der Waals surface area contributed by atoms with Crippen molar-refractivity contribution in [2.75, 3.05) is 23.1 Å². The Kier molecular flexibility index (Phi) is 7.16. The molecule has 0 aliphatic carbocycles. The number of benzene rings is 3. The monoisotopic (exact) mass is 495 g/mol. The van der Waals surface area contributed by atoms with Gasteiger partial charge in [-0.1, -0.05) is 36.4 Å². The van der Waals surface area contributed by atoms with Crippen LogP contribution in [0.4, 0.5) is 15.8 Å². The number of piperidine rings is 1. The van der Waals surface area contributed by atoms with Crippen molar-refractivity contribution in [1.29, 1.82) is 0 Å². The Morgan fingerprint density at radius 3 is 2.46 bits per heavy atom. The maximum atomic E-state index is 14.0. The number of amides is 2. The molecule has 3 aromatic carbocycles. The van der Waals surface area contributed by atoms with Crippen molar-refractivity contribution in [3.63, 3.8) is 0 Å². The van der Waals surface area contributed by atoms with E-state index in [-0.39, 0.29) is 40.4 Å². The fourth-order valence-electron chi connectivity index (χ4n) is 4.06. The number of aryl methyl sites for hydroxylation is 1. The summed E-state index contributed by atoms with van der Waals surface area (Å²) in [6.07, 6.45) is 1.31. The van der Waals surface area contributed by atoms with Gasteiger partial charge in [0.25, 0.3) is 15.9 Å². The lowest BCUT2D eigenvalue weighted by Gasteiger charge is -2.32. The highest BCUT2D eigenvalue weighted by Gasteiger charge is 2.30. The number of hydrogen-bond acceptors (Lipinski definition) is 4. The summed E-state index contributed by atoms with van der Waals surface area (Å²) in [5.41, 5.74) is 1.35. The molecule has 0 aromatic heterocycles. The molecule has 0 radical (unpaired) electrons. The van der Waals surface area contributed by atoms with Crippen LogP contribution in [0.25, 0.3) is 0 Å². The summed E-state index contributed by atoms with van der Waals surface area (Å²) in [5, 5.41) is 2.88. The summed E-state index contributed by atoms with van der Waals surface area (Å²) < 4.78 is 42.0. The Hall–Kier alpha value is -3.72. The minimum atomic E-state index is -4.12. The molecule has 0 saturated carbocycles. The first-order chi connectivity index (χ1) is 16.7. The summed E-state index contributed by atoms with van der Waals surface area (Å²) in [6.45, 7) is 2.43. The van der Waals surface area contributed by atoms with Gasteiger partial charge in [-0.3, -0.25) is 14.3 Å². The van der Waals surface area contributed by atoms with E-state index < -0.39 is 15.8 Å². The highest BCUT2D eigenvalue weighted by Crippen LogP contribution is 2.25. The number of halogens is 1. The Balaban J connectivity index is 1.51. The van der Waals surface area contributed by atoms with Crippen LogP contribution in [0.3, 0.4) is 0 Å². The molecule has 7 nitrogen and oxygen atoms in total. The van der Waals surface area contributed by atoms with Crippen molar-refractivity contribution in [2.24, 2.45) is 5.92 Å². The predicted octanol–water partition coefficient (Wildman–Crippen LogP) is 4.43. The van der Waals surface area contributed by atoms with Gasteiger partial charge in [0, 0.05) is 24.3 Å². The van der Waals surface area contributed by atoms with Gasteiger partial charge in [-0.25, -0.2) is 12.8 Å². The zero-order chi connectivity index (χ0) is 25.0. The van der Waals surface area contributed by atoms with Crippen molar-refractivity contribution in [3.8, 4) is 0 Å². The molecule has 1 saturated heterocycles. The molecule has 182 valence electrons. The number of hydrogen-bond donors (Lipinski definition) is 2. The van der Waals surface area contributed by atoms with Gasteiger partial charge >= 0.3 is 0 Å². The van der Waals surface area contributed by atoms with E-state index in [0.29, 0.717) is 30.6 Å². The van der Waals surface area contributed by atoms with E-state index in [1.54, 1.807) is 30.0 Å². The maximum absolute atomic E-state index is 14.0. The summed E-state index contributed by atoms with van der Waals surface area (Å²) in [6, 6.07) is 18.8. The number of anilines is 2. The largest absolute Gasteiger partial charge is 0.338 e. The number of nitrogens with zero attached hydrogens (tertiary/aromatic N) is 1. The van der Waals surface area contributed by atoms with E-state index in [1.807, 2.05) is 18.2 Å². The predicted molar refractivity (Wildman–Crippen MR) is 132 cm³/mol. The van der Waals surface area contributed by atoms with Crippen LogP contribution < -0.4 is 10.0 Å². The summed E-state index contributed by atoms with van der Waals surface area (Å²) in [4.78, 5) is 27.6. The maximum Gasteiger partial charge on any atom is 0.262 e. The molecular formula is C26H26FN3O4S. The van der Waals surface area contributed by atoms with Crippen molar-refractivity contribution in [3.05, 3.63) is 89.7 Å². The third kappa shape index (κ3) is 5.68. The van der Waals surface area contributed by atoms with E-state index in [1.165, 1.54) is 30.3 Å². The van der Waals surface area contributed by atoms with Gasteiger partial charge in [0.1, 0.15) is 5.82 Å². The zero-order valence-corrected chi connectivity index (χ0v) is 20.0. The van der Waals surface area contributed by atoms with E-state index in [4.69, 9.17) is 0 Å². The van der Waals surface area contributed by atoms with Crippen molar-refractivity contribution >= 4 is 33.2 Å². The van der Waals surface area contributed by atoms with E-state index >= 15 is 0 Å². The van der Waals surface area contributed by atoms with Crippen LogP contribution >= 0.6 is 0 Å². The summed E-state index contributed by atoms with van der Waals surface area (Å²) >= 11 is 0. The number of para-hydroxylation sites is 2. The number of carbonyl (C=O) groups excluding carboxylic acids is 2. The average molecular weight is 496 g/mol. The molecule has 1 heterocycles. The standard InChI is InChI=1S/C26H26FN3O4S/c1-18-13-14-21(35(33,34)29-24-12-6-5-11-23(24)27)16-22(18)26(32)30-15-7-8-19(17-30)25(31)28-20-9-3-2-4-10-20/h2-6,9-14,16,19,29H,7-8,15,17H2,1H3,(H,28,31)/t19-/m1/s1. The Bertz CT molecular complexity index is 1350. The smallest absolute Gasteiger partial charge is 0.262 e. The molecular weight excluding hydrogens is 469 g/mol. The van der Waals surface area contributed by atoms with Gasteiger partial charge in [0.15, 0.2) is 0 Å². The second-order valence-corrected chi connectivity index (χ2v) is 10.2. The molecule has 1 fully saturated rings. The first kappa shape index (κ1) is 24.4. The molecule has 0 unspecified atom stereocenters. The minimum absolute atomic E-state index is 0.148. The molecule has 0 spiro atoms. The second kappa shape index (κ2) is 10.3. The topological polar surface area (TPSA) is 95.6 Å². The van der Waals surface area contributed by atoms with Gasteiger partial charge in [-0.05, 0) is 61.7 Å². The van der Waals surface area contributed by atoms with Crippen LogP contribution in [0.1, 0.15) is 28.8 Å². The SMILES string of the molecule is Cc1ccc(S(=O)(=O)Nc2ccccc2F)cc1C(=O)N1CCC[C@@H](C(=O)Nc2ccccc2)C1. The van der Waals surface area contributed by atoms with E-state index in [0.717, 1.165) is 6.07 Å². The molecule has 1 atom stereocenters. The molecule has 1 aliphatic rings. The highest BCUT2D eigenvalue weighted by molar-refractivity contribution is 7.92. The first-order valence-corrected chi connectivity index (χ1v) is 12.8. The van der Waals surface area contributed by atoms with Crippen LogP contribution in [0.2, 0.25) is 0 Å². The van der Waals surface area contributed by atoms with Crippen LogP contribution in [0, 0.1) is 18.7 Å². The fourth-order valence-corrected chi connectivity index (χ4v) is 5.15. The summed E-state index contributed by atoms with van der Waals surface area (Å²) in [5.74, 6) is -1.58. The van der Waals surface area contributed by atoms with Crippen LogP contribution in [-0.4, -0.2) is 38.2 Å². The molecule has 4 rings (SSSR count). The third-order valence-corrected chi connectivity index (χ3v) is 7.35. The van der Waals surface area contributed by atoms with E-state index in [2.05, 4.69) is 10.0 Å². The highest BCUT2D eigenvalue weighted by atomic mass is 32.2. The number of likely N-dealkylation sites (tertiary alicyclic amines) is 1. The number of sulfonamides is 1. The molecule has 35 heavy (non-hydrogen) atoms. The van der Waals surface area contributed by atoms with Crippen molar-refractivity contribution in [2.45, 2.75) is 24.7 Å². The minimum Gasteiger partial charge on any atom is -0.338 e. The second-order valence-electron chi connectivity index (χ2n) is 8.51. The Labute approximate surface area is 204 Å². The van der Waals surface area contributed by atoms with Gasteiger partial charge in [-0.15, -0.1) is 0 Å². The number of rotatable bonds is 6. The molecule has 0 bridgehead atoms.